The van der Waals surface area contributed by atoms with Crippen molar-refractivity contribution in [3.05, 3.63) is 0 Å². The van der Waals surface area contributed by atoms with Crippen molar-refractivity contribution in [3.63, 3.8) is 0 Å². The number of ether oxygens (including phenoxy) is 1. The maximum Gasteiger partial charge on any atom is 0.0597 e. The minimum atomic E-state index is 0.513. The molecule has 0 aliphatic heterocycles. The highest BCUT2D eigenvalue weighted by atomic mass is 16.5. The number of methoxy groups -OCH3 is 1. The molecule has 0 aromatic rings. The van der Waals surface area contributed by atoms with E-state index in [1.807, 2.05) is 7.11 Å². The molecule has 3 atom stereocenters. The van der Waals surface area contributed by atoms with Crippen LogP contribution in [0.5, 0.6) is 0 Å². The normalized spacial score (nSPS) is 34.5. The lowest BCUT2D eigenvalue weighted by Gasteiger charge is -2.41. The van der Waals surface area contributed by atoms with Crippen molar-refractivity contribution in [2.75, 3.05) is 7.11 Å². The first-order valence-electron chi connectivity index (χ1n) is 6.04. The maximum absolute atomic E-state index is 5.50. The van der Waals surface area contributed by atoms with Crippen LogP contribution in [0.3, 0.4) is 0 Å². The molecule has 0 amide bonds. The first-order valence-corrected chi connectivity index (χ1v) is 6.04. The highest BCUT2D eigenvalue weighted by Crippen LogP contribution is 2.42. The number of rotatable bonds is 3. The number of hydrogen-bond acceptors (Lipinski definition) is 1. The summed E-state index contributed by atoms with van der Waals surface area (Å²) < 4.78 is 5.50. The molecule has 1 aliphatic carbocycles. The van der Waals surface area contributed by atoms with Gasteiger partial charge in [0, 0.05) is 7.11 Å². The summed E-state index contributed by atoms with van der Waals surface area (Å²) >= 11 is 0. The average molecular weight is 198 g/mol. The lowest BCUT2D eigenvalue weighted by atomic mass is 9.66. The van der Waals surface area contributed by atoms with E-state index in [-0.39, 0.29) is 0 Å². The molecule has 0 spiro atoms. The molecule has 1 heteroatoms. The fourth-order valence-electron chi connectivity index (χ4n) is 2.72. The van der Waals surface area contributed by atoms with Gasteiger partial charge in [-0.1, -0.05) is 34.1 Å². The zero-order chi connectivity index (χ0) is 10.8. The summed E-state index contributed by atoms with van der Waals surface area (Å²) in [5.41, 5.74) is 0.521. The summed E-state index contributed by atoms with van der Waals surface area (Å²) in [6.07, 6.45) is 5.76. The second-order valence-corrected chi connectivity index (χ2v) is 5.60. The predicted molar refractivity (Wildman–Crippen MR) is 61.4 cm³/mol. The molecule has 84 valence electrons. The third-order valence-corrected chi connectivity index (χ3v) is 4.41. The van der Waals surface area contributed by atoms with E-state index in [9.17, 15) is 0 Å². The fourth-order valence-corrected chi connectivity index (χ4v) is 2.72. The quantitative estimate of drug-likeness (QED) is 0.669. The van der Waals surface area contributed by atoms with Crippen LogP contribution in [0.2, 0.25) is 0 Å². The van der Waals surface area contributed by atoms with Gasteiger partial charge in [0.25, 0.3) is 0 Å². The summed E-state index contributed by atoms with van der Waals surface area (Å²) in [4.78, 5) is 0. The Kier molecular flexibility index (Phi) is 4.00. The molecule has 1 saturated carbocycles. The molecule has 0 radical (unpaired) electrons. The zero-order valence-electron chi connectivity index (χ0n) is 10.5. The molecule has 14 heavy (non-hydrogen) atoms. The van der Waals surface area contributed by atoms with Crippen LogP contribution in [0.25, 0.3) is 0 Å². The molecule has 0 saturated heterocycles. The molecule has 0 heterocycles. The Morgan fingerprint density at radius 3 is 2.36 bits per heavy atom. The lowest BCUT2D eigenvalue weighted by Crippen LogP contribution is -2.35. The van der Waals surface area contributed by atoms with Gasteiger partial charge in [-0.25, -0.2) is 0 Å². The molecule has 1 rings (SSSR count). The summed E-state index contributed by atoms with van der Waals surface area (Å²) in [5.74, 6) is 1.64. The first kappa shape index (κ1) is 12.0. The van der Waals surface area contributed by atoms with Crippen LogP contribution in [0, 0.1) is 17.3 Å². The monoisotopic (exact) mass is 198 g/mol. The van der Waals surface area contributed by atoms with E-state index in [1.54, 1.807) is 0 Å². The van der Waals surface area contributed by atoms with Crippen LogP contribution >= 0.6 is 0 Å². The molecule has 1 fully saturated rings. The molecule has 0 aromatic heterocycles. The van der Waals surface area contributed by atoms with Gasteiger partial charge in [0.1, 0.15) is 0 Å². The lowest BCUT2D eigenvalue weighted by molar-refractivity contribution is -0.00863. The molecule has 0 aromatic carbocycles. The summed E-state index contributed by atoms with van der Waals surface area (Å²) in [7, 11) is 1.85. The van der Waals surface area contributed by atoms with Crippen molar-refractivity contribution in [1.29, 1.82) is 0 Å². The van der Waals surface area contributed by atoms with Crippen LogP contribution < -0.4 is 0 Å². The van der Waals surface area contributed by atoms with Crippen LogP contribution in [-0.4, -0.2) is 13.2 Å². The summed E-state index contributed by atoms with van der Waals surface area (Å²) in [6.45, 7) is 9.48. The fraction of sp³-hybridized carbons (Fsp3) is 1.00. The zero-order valence-corrected chi connectivity index (χ0v) is 10.5. The van der Waals surface area contributed by atoms with Crippen molar-refractivity contribution in [2.45, 2.75) is 59.5 Å². The molecular weight excluding hydrogens is 172 g/mol. The van der Waals surface area contributed by atoms with Crippen molar-refractivity contribution in [1.82, 2.24) is 0 Å². The minimum Gasteiger partial charge on any atom is -0.381 e. The van der Waals surface area contributed by atoms with Gasteiger partial charge in [0.05, 0.1) is 6.10 Å². The largest absolute Gasteiger partial charge is 0.381 e. The van der Waals surface area contributed by atoms with Gasteiger partial charge >= 0.3 is 0 Å². The Bertz CT molecular complexity index is 174. The van der Waals surface area contributed by atoms with E-state index in [4.69, 9.17) is 4.74 Å². The van der Waals surface area contributed by atoms with E-state index in [0.29, 0.717) is 11.5 Å². The topological polar surface area (TPSA) is 9.23 Å². The molecule has 0 N–H and O–H groups in total. The maximum atomic E-state index is 5.50. The first-order chi connectivity index (χ1) is 6.51. The van der Waals surface area contributed by atoms with Crippen molar-refractivity contribution < 1.29 is 4.74 Å². The Balaban J connectivity index is 2.54. The third-order valence-electron chi connectivity index (χ3n) is 4.41. The molecular formula is C13H26O. The summed E-state index contributed by atoms with van der Waals surface area (Å²) in [5, 5.41) is 0. The Morgan fingerprint density at radius 2 is 1.93 bits per heavy atom. The number of hydrogen-bond donors (Lipinski definition) is 0. The molecule has 0 bridgehead atoms. The van der Waals surface area contributed by atoms with Gasteiger partial charge in [-0.2, -0.15) is 0 Å². The highest BCUT2D eigenvalue weighted by molar-refractivity contribution is 4.85. The van der Waals surface area contributed by atoms with Crippen LogP contribution in [0.4, 0.5) is 0 Å². The van der Waals surface area contributed by atoms with Crippen LogP contribution in [0.1, 0.15) is 53.4 Å². The van der Waals surface area contributed by atoms with Crippen molar-refractivity contribution in [2.24, 2.45) is 17.3 Å². The van der Waals surface area contributed by atoms with E-state index < -0.39 is 0 Å². The average Bonchev–Trinajstić information content (AvgIpc) is 2.17. The van der Waals surface area contributed by atoms with Crippen molar-refractivity contribution in [3.8, 4) is 0 Å². The van der Waals surface area contributed by atoms with Gasteiger partial charge in [-0.3, -0.25) is 0 Å². The van der Waals surface area contributed by atoms with Gasteiger partial charge < -0.3 is 4.74 Å². The molecule has 1 aliphatic rings. The second kappa shape index (κ2) is 4.65. The van der Waals surface area contributed by atoms with E-state index in [1.165, 1.54) is 25.7 Å². The summed E-state index contributed by atoms with van der Waals surface area (Å²) in [6, 6.07) is 0. The van der Waals surface area contributed by atoms with Gasteiger partial charge in [-0.15, -0.1) is 0 Å². The highest BCUT2D eigenvalue weighted by Gasteiger charge is 2.35. The van der Waals surface area contributed by atoms with E-state index >= 15 is 0 Å². The standard InChI is InChI=1S/C13H26O/c1-6-13(3,4)11-7-8-12(14-5)10(2)9-11/h10-12H,6-9H2,1-5H3. The van der Waals surface area contributed by atoms with E-state index in [0.717, 1.165) is 11.8 Å². The van der Waals surface area contributed by atoms with Crippen molar-refractivity contribution >= 4 is 0 Å². The smallest absolute Gasteiger partial charge is 0.0597 e. The predicted octanol–water partition coefficient (Wildman–Crippen LogP) is 3.87. The molecule has 3 unspecified atom stereocenters. The second-order valence-electron chi connectivity index (χ2n) is 5.60. The SMILES string of the molecule is CCC(C)(C)C1CCC(OC)C(C)C1. The van der Waals surface area contributed by atoms with Gasteiger partial charge in [-0.05, 0) is 36.5 Å². The minimum absolute atomic E-state index is 0.513. The Morgan fingerprint density at radius 1 is 1.29 bits per heavy atom. The van der Waals surface area contributed by atoms with Gasteiger partial charge in [0.15, 0.2) is 0 Å². The van der Waals surface area contributed by atoms with E-state index in [2.05, 4.69) is 27.7 Å². The Labute approximate surface area is 89.2 Å². The Hall–Kier alpha value is -0.0400. The van der Waals surface area contributed by atoms with Crippen LogP contribution in [-0.2, 0) is 4.74 Å². The molecule has 1 nitrogen and oxygen atoms in total. The third kappa shape index (κ3) is 2.50. The van der Waals surface area contributed by atoms with Crippen LogP contribution in [0.15, 0.2) is 0 Å². The van der Waals surface area contributed by atoms with Gasteiger partial charge in [0.2, 0.25) is 0 Å².